The second kappa shape index (κ2) is 5.07. The standard InChI is InChI=1S/C12H17ClN2O2S/c1-8-2-4-10(6-8)15-18(16,17)12-5-3-9(14)7-11(12)13/h3,5,7-8,10,15H,2,4,6,14H2,1H3. The van der Waals surface area contributed by atoms with Gasteiger partial charge in [-0.3, -0.25) is 0 Å². The maximum Gasteiger partial charge on any atom is 0.242 e. The zero-order valence-corrected chi connectivity index (χ0v) is 11.8. The van der Waals surface area contributed by atoms with Gasteiger partial charge in [0.25, 0.3) is 0 Å². The highest BCUT2D eigenvalue weighted by Gasteiger charge is 2.27. The molecule has 1 saturated carbocycles. The molecule has 1 aliphatic rings. The number of nitrogen functional groups attached to an aromatic ring is 1. The van der Waals surface area contributed by atoms with Crippen molar-refractivity contribution < 1.29 is 8.42 Å². The molecule has 0 spiro atoms. The van der Waals surface area contributed by atoms with Crippen LogP contribution in [-0.4, -0.2) is 14.5 Å². The second-order valence-corrected chi connectivity index (χ2v) is 7.02. The third kappa shape index (κ3) is 2.96. The van der Waals surface area contributed by atoms with Crippen LogP contribution in [0, 0.1) is 5.92 Å². The summed E-state index contributed by atoms with van der Waals surface area (Å²) in [5.74, 6) is 0.569. The minimum Gasteiger partial charge on any atom is -0.399 e. The molecule has 0 amide bonds. The summed E-state index contributed by atoms with van der Waals surface area (Å²) in [4.78, 5) is 0.0953. The Kier molecular flexibility index (Phi) is 3.84. The first-order chi connectivity index (χ1) is 8.38. The first kappa shape index (κ1) is 13.6. The van der Waals surface area contributed by atoms with E-state index in [0.29, 0.717) is 11.6 Å². The minimum absolute atomic E-state index is 0.0126. The van der Waals surface area contributed by atoms with Crippen LogP contribution in [0.25, 0.3) is 0 Å². The predicted octanol–water partition coefficient (Wildman–Crippen LogP) is 2.39. The number of nitrogens with one attached hydrogen (secondary N) is 1. The number of anilines is 1. The molecule has 1 fully saturated rings. The summed E-state index contributed by atoms with van der Waals surface area (Å²) in [6, 6.07) is 4.45. The zero-order chi connectivity index (χ0) is 13.3. The topological polar surface area (TPSA) is 72.2 Å². The molecular formula is C12H17ClN2O2S. The number of halogens is 1. The third-order valence-electron chi connectivity index (χ3n) is 3.26. The summed E-state index contributed by atoms with van der Waals surface area (Å²) in [5.41, 5.74) is 6.01. The number of hydrogen-bond acceptors (Lipinski definition) is 3. The van der Waals surface area contributed by atoms with Crippen molar-refractivity contribution in [3.63, 3.8) is 0 Å². The fraction of sp³-hybridized carbons (Fsp3) is 0.500. The maximum atomic E-state index is 12.2. The van der Waals surface area contributed by atoms with Crippen LogP contribution in [0.5, 0.6) is 0 Å². The first-order valence-corrected chi connectivity index (χ1v) is 7.82. The van der Waals surface area contributed by atoms with E-state index in [9.17, 15) is 8.42 Å². The van der Waals surface area contributed by atoms with E-state index in [4.69, 9.17) is 17.3 Å². The van der Waals surface area contributed by atoms with Gasteiger partial charge < -0.3 is 5.73 Å². The third-order valence-corrected chi connectivity index (χ3v) is 5.27. The first-order valence-electron chi connectivity index (χ1n) is 5.96. The molecule has 0 radical (unpaired) electrons. The van der Waals surface area contributed by atoms with E-state index in [-0.39, 0.29) is 16.0 Å². The average Bonchev–Trinajstić information content (AvgIpc) is 2.62. The van der Waals surface area contributed by atoms with Crippen LogP contribution in [0.15, 0.2) is 23.1 Å². The lowest BCUT2D eigenvalue weighted by atomic mass is 10.1. The molecular weight excluding hydrogens is 272 g/mol. The molecule has 4 nitrogen and oxygen atoms in total. The van der Waals surface area contributed by atoms with Crippen molar-refractivity contribution in [1.29, 1.82) is 0 Å². The van der Waals surface area contributed by atoms with Crippen molar-refractivity contribution in [2.45, 2.75) is 37.1 Å². The van der Waals surface area contributed by atoms with Crippen molar-refractivity contribution in [2.24, 2.45) is 5.92 Å². The Balaban J connectivity index is 2.20. The molecule has 6 heteroatoms. The summed E-state index contributed by atoms with van der Waals surface area (Å²) >= 11 is 5.93. The van der Waals surface area contributed by atoms with Gasteiger partial charge in [-0.2, -0.15) is 0 Å². The van der Waals surface area contributed by atoms with Crippen LogP contribution in [0.3, 0.4) is 0 Å². The normalized spacial score (nSPS) is 24.3. The van der Waals surface area contributed by atoms with Gasteiger partial charge in [0.05, 0.1) is 5.02 Å². The SMILES string of the molecule is CC1CCC(NS(=O)(=O)c2ccc(N)cc2Cl)C1. The van der Waals surface area contributed by atoms with Gasteiger partial charge in [-0.1, -0.05) is 18.5 Å². The molecule has 18 heavy (non-hydrogen) atoms. The highest BCUT2D eigenvalue weighted by molar-refractivity contribution is 7.89. The zero-order valence-electron chi connectivity index (χ0n) is 10.2. The average molecular weight is 289 g/mol. The van der Waals surface area contributed by atoms with Crippen LogP contribution in [0.4, 0.5) is 5.69 Å². The fourth-order valence-electron chi connectivity index (χ4n) is 2.33. The molecule has 0 aromatic heterocycles. The number of benzene rings is 1. The highest BCUT2D eigenvalue weighted by Crippen LogP contribution is 2.28. The number of rotatable bonds is 3. The number of sulfonamides is 1. The fourth-order valence-corrected chi connectivity index (χ4v) is 4.17. The van der Waals surface area contributed by atoms with Gasteiger partial charge in [-0.05, 0) is 43.4 Å². The van der Waals surface area contributed by atoms with Crippen molar-refractivity contribution in [3.05, 3.63) is 23.2 Å². The van der Waals surface area contributed by atoms with Gasteiger partial charge in [-0.25, -0.2) is 13.1 Å². The molecule has 0 heterocycles. The van der Waals surface area contributed by atoms with E-state index in [1.165, 1.54) is 18.2 Å². The van der Waals surface area contributed by atoms with Gasteiger partial charge in [0, 0.05) is 11.7 Å². The molecule has 100 valence electrons. The van der Waals surface area contributed by atoms with Crippen molar-refractivity contribution in [1.82, 2.24) is 4.72 Å². The van der Waals surface area contributed by atoms with Gasteiger partial charge in [0.2, 0.25) is 10.0 Å². The number of nitrogens with two attached hydrogens (primary N) is 1. The smallest absolute Gasteiger partial charge is 0.242 e. The molecule has 1 aromatic carbocycles. The Hall–Kier alpha value is -0.780. The molecule has 1 aromatic rings. The van der Waals surface area contributed by atoms with Gasteiger partial charge >= 0.3 is 0 Å². The maximum absolute atomic E-state index is 12.2. The minimum atomic E-state index is -3.55. The summed E-state index contributed by atoms with van der Waals surface area (Å²) in [5, 5.41) is 0.161. The Morgan fingerprint density at radius 1 is 1.39 bits per heavy atom. The molecule has 0 bridgehead atoms. The molecule has 3 N–H and O–H groups in total. The van der Waals surface area contributed by atoms with E-state index in [2.05, 4.69) is 11.6 Å². The summed E-state index contributed by atoms with van der Waals surface area (Å²) in [6.07, 6.45) is 2.82. The van der Waals surface area contributed by atoms with E-state index in [0.717, 1.165) is 19.3 Å². The summed E-state index contributed by atoms with van der Waals surface area (Å²) in [7, 11) is -3.55. The molecule has 0 saturated heterocycles. The lowest BCUT2D eigenvalue weighted by Crippen LogP contribution is -2.33. The Morgan fingerprint density at radius 2 is 2.11 bits per heavy atom. The van der Waals surface area contributed by atoms with Crippen LogP contribution >= 0.6 is 11.6 Å². The Morgan fingerprint density at radius 3 is 2.67 bits per heavy atom. The van der Waals surface area contributed by atoms with Crippen LogP contribution in [0.1, 0.15) is 26.2 Å². The second-order valence-electron chi connectivity index (χ2n) is 4.93. The summed E-state index contributed by atoms with van der Waals surface area (Å²) < 4.78 is 27.1. The Bertz CT molecular complexity index is 545. The number of hydrogen-bond donors (Lipinski definition) is 2. The van der Waals surface area contributed by atoms with Crippen molar-refractivity contribution >= 4 is 27.3 Å². The summed E-state index contributed by atoms with van der Waals surface area (Å²) in [6.45, 7) is 2.13. The van der Waals surface area contributed by atoms with Gasteiger partial charge in [-0.15, -0.1) is 0 Å². The van der Waals surface area contributed by atoms with Crippen LogP contribution in [0.2, 0.25) is 5.02 Å². The van der Waals surface area contributed by atoms with Crippen molar-refractivity contribution in [2.75, 3.05) is 5.73 Å². The van der Waals surface area contributed by atoms with E-state index < -0.39 is 10.0 Å². The molecule has 2 unspecified atom stereocenters. The van der Waals surface area contributed by atoms with Crippen molar-refractivity contribution in [3.8, 4) is 0 Å². The van der Waals surface area contributed by atoms with Gasteiger partial charge in [0.15, 0.2) is 0 Å². The molecule has 2 rings (SSSR count). The largest absolute Gasteiger partial charge is 0.399 e. The van der Waals surface area contributed by atoms with E-state index in [1.54, 1.807) is 0 Å². The van der Waals surface area contributed by atoms with E-state index in [1.807, 2.05) is 0 Å². The molecule has 2 atom stereocenters. The van der Waals surface area contributed by atoms with Crippen LogP contribution in [-0.2, 0) is 10.0 Å². The predicted molar refractivity (Wildman–Crippen MR) is 73.0 cm³/mol. The van der Waals surface area contributed by atoms with Gasteiger partial charge in [0.1, 0.15) is 4.90 Å². The molecule has 0 aliphatic heterocycles. The molecule has 1 aliphatic carbocycles. The lowest BCUT2D eigenvalue weighted by Gasteiger charge is -2.14. The lowest BCUT2D eigenvalue weighted by molar-refractivity contribution is 0.538. The van der Waals surface area contributed by atoms with E-state index >= 15 is 0 Å². The monoisotopic (exact) mass is 288 g/mol. The quantitative estimate of drug-likeness (QED) is 0.839. The highest BCUT2D eigenvalue weighted by atomic mass is 35.5. The van der Waals surface area contributed by atoms with Crippen LogP contribution < -0.4 is 10.5 Å². The Labute approximate surface area is 113 Å².